The largest absolute Gasteiger partial charge is 0.489 e. The summed E-state index contributed by atoms with van der Waals surface area (Å²) >= 11 is 11.7. The average Bonchev–Trinajstić information content (AvgIpc) is 2.26. The van der Waals surface area contributed by atoms with Gasteiger partial charge in [-0.05, 0) is 31.9 Å². The zero-order valence-electron chi connectivity index (χ0n) is 8.60. The summed E-state index contributed by atoms with van der Waals surface area (Å²) in [6.45, 7) is -0.258. The Morgan fingerprint density at radius 2 is 2.00 bits per heavy atom. The van der Waals surface area contributed by atoms with Crippen LogP contribution in [-0.4, -0.2) is 28.0 Å². The summed E-state index contributed by atoms with van der Waals surface area (Å²) in [4.78, 5) is 20.6. The molecule has 0 saturated carbocycles. The van der Waals surface area contributed by atoms with Crippen molar-refractivity contribution in [3.63, 3.8) is 0 Å². The van der Waals surface area contributed by atoms with E-state index in [9.17, 15) is 14.9 Å². The number of benzene rings is 1. The van der Waals surface area contributed by atoms with Crippen LogP contribution in [0.5, 0.6) is 5.75 Å². The fourth-order valence-corrected chi connectivity index (χ4v) is 2.47. The van der Waals surface area contributed by atoms with Crippen LogP contribution in [-0.2, 0) is 4.79 Å². The first-order chi connectivity index (χ1) is 8.32. The number of aliphatic carboxylic acids is 1. The molecule has 0 spiro atoms. The Morgan fingerprint density at radius 1 is 1.50 bits per heavy atom. The highest BCUT2D eigenvalue weighted by molar-refractivity contribution is 9.11. The van der Waals surface area contributed by atoms with Crippen LogP contribution in [0.3, 0.4) is 0 Å². The predicted octanol–water partition coefficient (Wildman–Crippen LogP) is 3.19. The molecule has 9 heteroatoms. The van der Waals surface area contributed by atoms with Gasteiger partial charge in [0.15, 0.2) is 5.38 Å². The van der Waals surface area contributed by atoms with Gasteiger partial charge in [-0.3, -0.25) is 14.9 Å². The highest BCUT2D eigenvalue weighted by Gasteiger charge is 2.19. The number of halogens is 3. The predicted molar refractivity (Wildman–Crippen MR) is 71.3 cm³/mol. The third-order valence-corrected chi connectivity index (χ3v) is 3.33. The lowest BCUT2D eigenvalue weighted by Crippen LogP contribution is -2.21. The maximum absolute atomic E-state index is 10.6. The van der Waals surface area contributed by atoms with Gasteiger partial charge < -0.3 is 9.84 Å². The Bertz CT molecular complexity index is 473. The number of rotatable bonds is 5. The molecule has 1 unspecified atom stereocenters. The molecular weight excluding hydrogens is 397 g/mol. The van der Waals surface area contributed by atoms with E-state index in [1.807, 2.05) is 0 Å². The number of carboxylic acid groups (broad SMARTS) is 1. The minimum Gasteiger partial charge on any atom is -0.489 e. The molecule has 0 radical (unpaired) electrons. The van der Waals surface area contributed by atoms with Gasteiger partial charge in [-0.2, -0.15) is 0 Å². The standard InChI is InChI=1S/C9H6Br2ClNO5/c10-5-1-4(13(16)17)2-6(11)8(5)18-3-7(12)9(14)15/h1-2,7H,3H2,(H,14,15). The van der Waals surface area contributed by atoms with Gasteiger partial charge in [0.1, 0.15) is 12.4 Å². The van der Waals surface area contributed by atoms with E-state index >= 15 is 0 Å². The van der Waals surface area contributed by atoms with Crippen molar-refractivity contribution in [2.24, 2.45) is 0 Å². The second kappa shape index (κ2) is 6.35. The molecule has 18 heavy (non-hydrogen) atoms. The summed E-state index contributed by atoms with van der Waals surface area (Å²) in [5, 5.41) is 18.0. The van der Waals surface area contributed by atoms with E-state index in [-0.39, 0.29) is 18.0 Å². The van der Waals surface area contributed by atoms with Crippen molar-refractivity contribution in [2.45, 2.75) is 5.38 Å². The summed E-state index contributed by atoms with van der Waals surface area (Å²) in [5.41, 5.74) is -0.123. The Morgan fingerprint density at radius 3 is 2.39 bits per heavy atom. The molecule has 98 valence electrons. The number of nitrogens with zero attached hydrogens (tertiary/aromatic N) is 1. The Balaban J connectivity index is 2.90. The van der Waals surface area contributed by atoms with Crippen molar-refractivity contribution in [3.05, 3.63) is 31.2 Å². The number of alkyl halides is 1. The molecule has 0 aromatic heterocycles. The second-order valence-electron chi connectivity index (χ2n) is 3.11. The minimum atomic E-state index is -1.20. The molecule has 0 aliphatic carbocycles. The van der Waals surface area contributed by atoms with Crippen molar-refractivity contribution >= 4 is 55.1 Å². The number of carboxylic acids is 1. The molecule has 0 heterocycles. The Kier molecular flexibility index (Phi) is 5.36. The van der Waals surface area contributed by atoms with Crippen molar-refractivity contribution in [1.82, 2.24) is 0 Å². The van der Waals surface area contributed by atoms with Crippen LogP contribution >= 0.6 is 43.5 Å². The van der Waals surface area contributed by atoms with E-state index < -0.39 is 16.3 Å². The molecule has 1 aromatic carbocycles. The maximum Gasteiger partial charge on any atom is 0.325 e. The van der Waals surface area contributed by atoms with Crippen molar-refractivity contribution in [1.29, 1.82) is 0 Å². The van der Waals surface area contributed by atoms with Gasteiger partial charge in [0, 0.05) is 12.1 Å². The van der Waals surface area contributed by atoms with Crippen LogP contribution in [0.15, 0.2) is 21.1 Å². The number of hydrogen-bond donors (Lipinski definition) is 1. The lowest BCUT2D eigenvalue weighted by molar-refractivity contribution is -0.385. The average molecular weight is 403 g/mol. The van der Waals surface area contributed by atoms with Gasteiger partial charge in [0.05, 0.1) is 13.9 Å². The lowest BCUT2D eigenvalue weighted by Gasteiger charge is -2.11. The molecule has 0 saturated heterocycles. The monoisotopic (exact) mass is 401 g/mol. The normalized spacial score (nSPS) is 11.9. The fraction of sp³-hybridized carbons (Fsp3) is 0.222. The number of nitro groups is 1. The molecule has 0 bridgehead atoms. The summed E-state index contributed by atoms with van der Waals surface area (Å²) in [5.74, 6) is -0.946. The maximum atomic E-state index is 10.6. The summed E-state index contributed by atoms with van der Waals surface area (Å²) in [6, 6.07) is 2.51. The first kappa shape index (κ1) is 15.2. The topological polar surface area (TPSA) is 89.7 Å². The summed E-state index contributed by atoms with van der Waals surface area (Å²) < 4.78 is 5.86. The minimum absolute atomic E-state index is 0.123. The zero-order chi connectivity index (χ0) is 13.9. The fourth-order valence-electron chi connectivity index (χ4n) is 1.02. The molecule has 6 nitrogen and oxygen atoms in total. The quantitative estimate of drug-likeness (QED) is 0.463. The first-order valence-electron chi connectivity index (χ1n) is 4.46. The van der Waals surface area contributed by atoms with Gasteiger partial charge >= 0.3 is 5.97 Å². The van der Waals surface area contributed by atoms with Gasteiger partial charge in [0.25, 0.3) is 5.69 Å². The molecule has 0 aliphatic heterocycles. The lowest BCUT2D eigenvalue weighted by atomic mass is 10.3. The Labute approximate surface area is 123 Å². The van der Waals surface area contributed by atoms with Crippen molar-refractivity contribution in [3.8, 4) is 5.75 Å². The van der Waals surface area contributed by atoms with Crippen LogP contribution in [0.1, 0.15) is 0 Å². The molecule has 1 aromatic rings. The van der Waals surface area contributed by atoms with E-state index in [0.29, 0.717) is 8.95 Å². The van der Waals surface area contributed by atoms with E-state index in [0.717, 1.165) is 0 Å². The molecule has 0 fully saturated rings. The molecule has 1 rings (SSSR count). The van der Waals surface area contributed by atoms with Gasteiger partial charge in [-0.1, -0.05) is 0 Å². The zero-order valence-corrected chi connectivity index (χ0v) is 12.5. The van der Waals surface area contributed by atoms with Crippen molar-refractivity contribution < 1.29 is 19.6 Å². The van der Waals surface area contributed by atoms with Crippen LogP contribution in [0, 0.1) is 10.1 Å². The molecular formula is C9H6Br2ClNO5. The number of nitro benzene ring substituents is 1. The SMILES string of the molecule is O=C(O)C(Cl)COc1c(Br)cc([N+](=O)[O-])cc1Br. The van der Waals surface area contributed by atoms with Gasteiger partial charge in [-0.25, -0.2) is 0 Å². The smallest absolute Gasteiger partial charge is 0.325 e. The van der Waals surface area contributed by atoms with Crippen LogP contribution in [0.2, 0.25) is 0 Å². The molecule has 0 aliphatic rings. The third-order valence-electron chi connectivity index (χ3n) is 1.84. The highest BCUT2D eigenvalue weighted by atomic mass is 79.9. The van der Waals surface area contributed by atoms with E-state index in [1.165, 1.54) is 12.1 Å². The first-order valence-corrected chi connectivity index (χ1v) is 6.48. The van der Waals surface area contributed by atoms with Gasteiger partial charge in [0.2, 0.25) is 0 Å². The summed E-state index contributed by atoms with van der Waals surface area (Å²) in [7, 11) is 0. The van der Waals surface area contributed by atoms with Crippen LogP contribution in [0.4, 0.5) is 5.69 Å². The van der Waals surface area contributed by atoms with E-state index in [2.05, 4.69) is 31.9 Å². The molecule has 1 atom stereocenters. The number of non-ortho nitro benzene ring substituents is 1. The summed E-state index contributed by atoms with van der Waals surface area (Å²) in [6.07, 6.45) is 0. The van der Waals surface area contributed by atoms with E-state index in [1.54, 1.807) is 0 Å². The van der Waals surface area contributed by atoms with Crippen LogP contribution < -0.4 is 4.74 Å². The Hall–Kier alpha value is -0.860. The number of hydrogen-bond acceptors (Lipinski definition) is 4. The molecule has 1 N–H and O–H groups in total. The highest BCUT2D eigenvalue weighted by Crippen LogP contribution is 2.37. The van der Waals surface area contributed by atoms with Crippen LogP contribution in [0.25, 0.3) is 0 Å². The van der Waals surface area contributed by atoms with Crippen molar-refractivity contribution in [2.75, 3.05) is 6.61 Å². The van der Waals surface area contributed by atoms with Gasteiger partial charge in [-0.15, -0.1) is 11.6 Å². The second-order valence-corrected chi connectivity index (χ2v) is 5.35. The van der Waals surface area contributed by atoms with E-state index in [4.69, 9.17) is 21.4 Å². The third kappa shape index (κ3) is 3.82. The molecule has 0 amide bonds. The number of ether oxygens (including phenoxy) is 1. The number of carbonyl (C=O) groups is 1.